The molecule has 0 spiro atoms. The maximum Gasteiger partial charge on any atom is 0.305 e. The molecule has 0 unspecified atom stereocenters. The maximum atomic E-state index is 11.4. The lowest BCUT2D eigenvalue weighted by atomic mass is 10.0. The molecule has 0 aliphatic carbocycles. The highest BCUT2D eigenvalue weighted by Crippen LogP contribution is 2.43. The molecule has 0 aliphatic heterocycles. The van der Waals surface area contributed by atoms with E-state index in [-0.39, 0.29) is 11.9 Å². The van der Waals surface area contributed by atoms with Crippen LogP contribution in [0, 0.1) is 0 Å². The highest BCUT2D eigenvalue weighted by atomic mass is 16.5. The maximum absolute atomic E-state index is 11.4. The Morgan fingerprint density at radius 3 is 0.758 bits per heavy atom. The Labute approximate surface area is 379 Å². The van der Waals surface area contributed by atoms with Gasteiger partial charge in [0.15, 0.2) is 0 Å². The monoisotopic (exact) mass is 859 g/mol. The van der Waals surface area contributed by atoms with Crippen molar-refractivity contribution in [2.75, 3.05) is 26.4 Å². The van der Waals surface area contributed by atoms with E-state index in [0.29, 0.717) is 26.1 Å². The van der Waals surface area contributed by atoms with E-state index < -0.39 is 0 Å². The van der Waals surface area contributed by atoms with Crippen LogP contribution < -0.4 is 9.47 Å². The number of carbonyl (C=O) groups is 2. The van der Waals surface area contributed by atoms with Gasteiger partial charge in [0, 0.05) is 34.4 Å². The van der Waals surface area contributed by atoms with Crippen molar-refractivity contribution in [2.24, 2.45) is 0 Å². The fourth-order valence-corrected chi connectivity index (χ4v) is 8.87. The number of unbranched alkanes of at least 4 members (excludes halogenated alkanes) is 30. The molecule has 0 bridgehead atoms. The summed E-state index contributed by atoms with van der Waals surface area (Å²) in [5, 5.41) is 4.62. The largest absolute Gasteiger partial charge is 0.492 e. The zero-order valence-corrected chi connectivity index (χ0v) is 39.9. The van der Waals surface area contributed by atoms with E-state index in [0.717, 1.165) is 84.8 Å². The minimum atomic E-state index is -0.0414. The zero-order valence-electron chi connectivity index (χ0n) is 39.9. The molecular formula is C56H90O6. The van der Waals surface area contributed by atoms with Gasteiger partial charge in [-0.15, -0.1) is 0 Å². The van der Waals surface area contributed by atoms with Gasteiger partial charge < -0.3 is 18.9 Å². The molecule has 6 heteroatoms. The molecule has 0 saturated heterocycles. The van der Waals surface area contributed by atoms with Crippen molar-refractivity contribution in [3.63, 3.8) is 0 Å². The first-order valence-corrected chi connectivity index (χ1v) is 26.2. The molecule has 6 nitrogen and oxygen atoms in total. The van der Waals surface area contributed by atoms with E-state index in [2.05, 4.69) is 48.5 Å². The van der Waals surface area contributed by atoms with Crippen molar-refractivity contribution in [3.8, 4) is 11.5 Å². The number of rotatable bonds is 42. The topological polar surface area (TPSA) is 71.1 Å². The number of fused-ring (bicyclic) bond motifs is 2. The second-order valence-electron chi connectivity index (χ2n) is 17.9. The molecule has 3 aromatic carbocycles. The molecule has 350 valence electrons. The lowest BCUT2D eigenvalue weighted by molar-refractivity contribution is -0.144. The van der Waals surface area contributed by atoms with Crippen molar-refractivity contribution in [1.82, 2.24) is 0 Å². The molecule has 0 fully saturated rings. The molecule has 0 radical (unpaired) electrons. The number of hydrogen-bond acceptors (Lipinski definition) is 6. The minimum absolute atomic E-state index is 0.0414. The van der Waals surface area contributed by atoms with Crippen LogP contribution in [0.1, 0.15) is 232 Å². The first-order chi connectivity index (χ1) is 30.7. The van der Waals surface area contributed by atoms with Crippen molar-refractivity contribution in [2.45, 2.75) is 232 Å². The highest BCUT2D eigenvalue weighted by Gasteiger charge is 2.16. The molecule has 0 amide bonds. The molecule has 0 atom stereocenters. The number of esters is 2. The lowest BCUT2D eigenvalue weighted by Gasteiger charge is -2.18. The van der Waals surface area contributed by atoms with Gasteiger partial charge in [-0.2, -0.15) is 0 Å². The molecule has 62 heavy (non-hydrogen) atoms. The Bertz CT molecular complexity index is 1380. The molecule has 0 N–H and O–H groups in total. The molecule has 3 rings (SSSR count). The van der Waals surface area contributed by atoms with Crippen molar-refractivity contribution in [1.29, 1.82) is 0 Å². The summed E-state index contributed by atoms with van der Waals surface area (Å²) >= 11 is 0. The quantitative estimate of drug-likeness (QED) is 0.0321. The Balaban J connectivity index is 1.18. The van der Waals surface area contributed by atoms with Gasteiger partial charge in [0.25, 0.3) is 0 Å². The lowest BCUT2D eigenvalue weighted by Crippen LogP contribution is -2.03. The molecule has 0 aliphatic rings. The van der Waals surface area contributed by atoms with Gasteiger partial charge in [-0.3, -0.25) is 9.59 Å². The standard InChI is InChI=1S/C56H90O6/c1-3-59-53(57)45-33-29-25-21-17-13-9-5-7-11-15-19-23-27-31-39-47-61-55-49-41-35-37-43-51(49)56(52-44-38-36-42-50(52)55)62-48-40-32-28-24-20-16-12-8-6-10-14-18-22-26-30-34-46-54(58)60-4-2/h35-38,41-44H,3-34,39-40,45-48H2,1-2H3. The van der Waals surface area contributed by atoms with Gasteiger partial charge in [-0.05, 0) is 39.5 Å². The molecule has 0 heterocycles. The summed E-state index contributed by atoms with van der Waals surface area (Å²) in [6.07, 6.45) is 42.3. The Hall–Kier alpha value is -3.28. The van der Waals surface area contributed by atoms with Crippen LogP contribution in [-0.2, 0) is 19.1 Å². The first kappa shape index (κ1) is 53.1. The summed E-state index contributed by atoms with van der Waals surface area (Å²) in [7, 11) is 0. The molecule has 3 aromatic rings. The van der Waals surface area contributed by atoms with Gasteiger partial charge in [0.1, 0.15) is 11.5 Å². The third kappa shape index (κ3) is 24.5. The summed E-state index contributed by atoms with van der Waals surface area (Å²) in [5.74, 6) is 1.93. The van der Waals surface area contributed by atoms with Crippen LogP contribution in [0.4, 0.5) is 0 Å². The van der Waals surface area contributed by atoms with Crippen molar-refractivity contribution >= 4 is 33.5 Å². The average Bonchev–Trinajstić information content (AvgIpc) is 3.28. The molecular weight excluding hydrogens is 769 g/mol. The third-order valence-corrected chi connectivity index (χ3v) is 12.5. The molecule has 0 aromatic heterocycles. The average molecular weight is 859 g/mol. The van der Waals surface area contributed by atoms with Gasteiger partial charge in [0.05, 0.1) is 26.4 Å². The predicted molar refractivity (Wildman–Crippen MR) is 263 cm³/mol. The van der Waals surface area contributed by atoms with E-state index >= 15 is 0 Å². The second-order valence-corrected chi connectivity index (χ2v) is 17.9. The summed E-state index contributed by atoms with van der Waals surface area (Å²) in [6, 6.07) is 17.3. The van der Waals surface area contributed by atoms with Crippen LogP contribution in [0.3, 0.4) is 0 Å². The zero-order chi connectivity index (χ0) is 44.0. The number of hydrogen-bond donors (Lipinski definition) is 0. The number of benzene rings is 3. The van der Waals surface area contributed by atoms with E-state index in [1.165, 1.54) is 167 Å². The smallest absolute Gasteiger partial charge is 0.305 e. The minimum Gasteiger partial charge on any atom is -0.492 e. The van der Waals surface area contributed by atoms with Gasteiger partial charge in [-0.1, -0.05) is 228 Å². The Morgan fingerprint density at radius 1 is 0.323 bits per heavy atom. The van der Waals surface area contributed by atoms with E-state index in [1.54, 1.807) is 0 Å². The summed E-state index contributed by atoms with van der Waals surface area (Å²) in [4.78, 5) is 22.8. The van der Waals surface area contributed by atoms with Crippen molar-refractivity contribution < 1.29 is 28.5 Å². The van der Waals surface area contributed by atoms with Crippen LogP contribution >= 0.6 is 0 Å². The van der Waals surface area contributed by atoms with Crippen LogP contribution in [0.15, 0.2) is 48.5 Å². The van der Waals surface area contributed by atoms with Gasteiger partial charge in [-0.25, -0.2) is 0 Å². The summed E-state index contributed by atoms with van der Waals surface area (Å²) in [6.45, 7) is 6.24. The highest BCUT2D eigenvalue weighted by molar-refractivity contribution is 6.11. The van der Waals surface area contributed by atoms with Crippen LogP contribution in [0.5, 0.6) is 11.5 Å². The SMILES string of the molecule is CCOC(=O)CCCCCCCCCCCCCCCCCCOc1c2ccccc2c(OCCCCCCCCCCCCCCCCCCC(=O)OCC)c2ccccc12. The number of ether oxygens (including phenoxy) is 4. The summed E-state index contributed by atoms with van der Waals surface area (Å²) in [5.41, 5.74) is 0. The van der Waals surface area contributed by atoms with Gasteiger partial charge in [0.2, 0.25) is 0 Å². The fourth-order valence-electron chi connectivity index (χ4n) is 8.87. The Morgan fingerprint density at radius 2 is 0.532 bits per heavy atom. The van der Waals surface area contributed by atoms with Crippen LogP contribution in [-0.4, -0.2) is 38.4 Å². The van der Waals surface area contributed by atoms with Crippen LogP contribution in [0.25, 0.3) is 21.5 Å². The number of carbonyl (C=O) groups excluding carboxylic acids is 2. The summed E-state index contributed by atoms with van der Waals surface area (Å²) < 4.78 is 23.2. The molecule has 0 saturated carbocycles. The van der Waals surface area contributed by atoms with E-state index in [1.807, 2.05) is 13.8 Å². The van der Waals surface area contributed by atoms with Crippen LogP contribution in [0.2, 0.25) is 0 Å². The first-order valence-electron chi connectivity index (χ1n) is 26.2. The second kappa shape index (κ2) is 37.1. The normalized spacial score (nSPS) is 11.4. The van der Waals surface area contributed by atoms with Crippen molar-refractivity contribution in [3.05, 3.63) is 48.5 Å². The third-order valence-electron chi connectivity index (χ3n) is 12.5. The van der Waals surface area contributed by atoms with Gasteiger partial charge >= 0.3 is 11.9 Å². The predicted octanol–water partition coefficient (Wildman–Crippen LogP) is 17.1. The Kier molecular flexibility index (Phi) is 31.8. The van der Waals surface area contributed by atoms with E-state index in [9.17, 15) is 9.59 Å². The van der Waals surface area contributed by atoms with E-state index in [4.69, 9.17) is 18.9 Å². The fraction of sp³-hybridized carbons (Fsp3) is 0.714.